The van der Waals surface area contributed by atoms with E-state index in [2.05, 4.69) is 19.1 Å². The second kappa shape index (κ2) is 6.15. The zero-order valence-electron chi connectivity index (χ0n) is 10.4. The maximum atomic E-state index is 5.46. The van der Waals surface area contributed by atoms with Crippen LogP contribution in [0.5, 0.6) is 0 Å². The van der Waals surface area contributed by atoms with Gasteiger partial charge in [0.25, 0.3) is 0 Å². The molecule has 0 saturated heterocycles. The largest absolute Gasteiger partial charge is 0.503 e. The summed E-state index contributed by atoms with van der Waals surface area (Å²) in [4.78, 5) is 0. The second-order valence-electron chi connectivity index (χ2n) is 3.81. The molecule has 0 N–H and O–H groups in total. The molecular weight excluding hydrogens is 220 g/mol. The van der Waals surface area contributed by atoms with Gasteiger partial charge in [0, 0.05) is 26.9 Å². The SMILES string of the molecule is CO[Si](OC)(OC)C(C)Cc1ccccc1. The maximum Gasteiger partial charge on any atom is 0.503 e. The molecule has 0 heterocycles. The van der Waals surface area contributed by atoms with Crippen molar-refractivity contribution in [2.45, 2.75) is 18.9 Å². The summed E-state index contributed by atoms with van der Waals surface area (Å²) >= 11 is 0. The van der Waals surface area contributed by atoms with E-state index in [-0.39, 0.29) is 5.54 Å². The summed E-state index contributed by atoms with van der Waals surface area (Å²) < 4.78 is 16.4. The van der Waals surface area contributed by atoms with Crippen molar-refractivity contribution in [2.75, 3.05) is 21.3 Å². The van der Waals surface area contributed by atoms with E-state index in [0.717, 1.165) is 6.42 Å². The third kappa shape index (κ3) is 2.92. The maximum absolute atomic E-state index is 5.46. The third-order valence-electron chi connectivity index (χ3n) is 2.84. The van der Waals surface area contributed by atoms with Gasteiger partial charge in [0.1, 0.15) is 0 Å². The van der Waals surface area contributed by atoms with Crippen LogP contribution in [-0.2, 0) is 19.7 Å². The molecule has 0 bridgehead atoms. The number of benzene rings is 1. The molecule has 1 rings (SSSR count). The molecular formula is C12H20O3Si. The Morgan fingerprint density at radius 2 is 1.50 bits per heavy atom. The fourth-order valence-electron chi connectivity index (χ4n) is 1.95. The van der Waals surface area contributed by atoms with E-state index in [0.29, 0.717) is 0 Å². The lowest BCUT2D eigenvalue weighted by atomic mass is 10.1. The van der Waals surface area contributed by atoms with Gasteiger partial charge in [-0.15, -0.1) is 0 Å². The molecule has 0 saturated carbocycles. The highest BCUT2D eigenvalue weighted by Gasteiger charge is 2.44. The van der Waals surface area contributed by atoms with Gasteiger partial charge in [0.15, 0.2) is 0 Å². The summed E-state index contributed by atoms with van der Waals surface area (Å²) in [5, 5.41) is 0. The Bertz CT molecular complexity index is 290. The molecule has 0 aliphatic carbocycles. The van der Waals surface area contributed by atoms with Crippen molar-refractivity contribution >= 4 is 8.80 Å². The van der Waals surface area contributed by atoms with Gasteiger partial charge in [-0.05, 0) is 12.0 Å². The quantitative estimate of drug-likeness (QED) is 0.715. The van der Waals surface area contributed by atoms with Gasteiger partial charge in [-0.2, -0.15) is 0 Å². The molecule has 0 aliphatic rings. The van der Waals surface area contributed by atoms with Crippen LogP contribution in [0, 0.1) is 0 Å². The fourth-order valence-corrected chi connectivity index (χ4v) is 4.14. The highest BCUT2D eigenvalue weighted by molar-refractivity contribution is 6.62. The molecule has 1 unspecified atom stereocenters. The van der Waals surface area contributed by atoms with Crippen molar-refractivity contribution in [2.24, 2.45) is 0 Å². The Morgan fingerprint density at radius 3 is 1.94 bits per heavy atom. The molecule has 1 aromatic carbocycles. The number of hydrogen-bond acceptors (Lipinski definition) is 3. The molecule has 1 atom stereocenters. The summed E-state index contributed by atoms with van der Waals surface area (Å²) in [5.41, 5.74) is 1.52. The monoisotopic (exact) mass is 240 g/mol. The van der Waals surface area contributed by atoms with Gasteiger partial charge in [0.05, 0.1) is 0 Å². The standard InChI is InChI=1S/C12H20O3Si/c1-11(16(13-2,14-3)15-4)10-12-8-6-5-7-9-12/h5-9,11H,10H2,1-4H3. The number of hydrogen-bond donors (Lipinski definition) is 0. The van der Waals surface area contributed by atoms with Crippen LogP contribution in [0.4, 0.5) is 0 Å². The van der Waals surface area contributed by atoms with Crippen molar-refractivity contribution < 1.29 is 13.3 Å². The molecule has 1 aromatic rings. The minimum atomic E-state index is -2.50. The Morgan fingerprint density at radius 1 is 1.00 bits per heavy atom. The fraction of sp³-hybridized carbons (Fsp3) is 0.500. The molecule has 0 fully saturated rings. The molecule has 0 aromatic heterocycles. The van der Waals surface area contributed by atoms with Gasteiger partial charge in [-0.3, -0.25) is 0 Å². The van der Waals surface area contributed by atoms with Crippen molar-refractivity contribution in [3.8, 4) is 0 Å². The molecule has 16 heavy (non-hydrogen) atoms. The van der Waals surface area contributed by atoms with Crippen molar-refractivity contribution in [3.63, 3.8) is 0 Å². The molecule has 90 valence electrons. The normalized spacial score (nSPS) is 13.8. The summed E-state index contributed by atoms with van der Waals surface area (Å²) in [6, 6.07) is 10.3. The van der Waals surface area contributed by atoms with E-state index in [1.165, 1.54) is 5.56 Å². The Kier molecular flexibility index (Phi) is 5.14. The zero-order chi connectivity index (χ0) is 12.0. The van der Waals surface area contributed by atoms with Crippen LogP contribution >= 0.6 is 0 Å². The lowest BCUT2D eigenvalue weighted by Crippen LogP contribution is -2.47. The summed E-state index contributed by atoms with van der Waals surface area (Å²) in [5.74, 6) is 0. The first-order valence-corrected chi connectivity index (χ1v) is 7.18. The van der Waals surface area contributed by atoms with E-state index >= 15 is 0 Å². The smallest absolute Gasteiger partial charge is 0.377 e. The van der Waals surface area contributed by atoms with Crippen LogP contribution in [-0.4, -0.2) is 30.1 Å². The van der Waals surface area contributed by atoms with Gasteiger partial charge >= 0.3 is 8.80 Å². The van der Waals surface area contributed by atoms with Crippen LogP contribution < -0.4 is 0 Å². The van der Waals surface area contributed by atoms with Gasteiger partial charge in [0.2, 0.25) is 0 Å². The van der Waals surface area contributed by atoms with Crippen LogP contribution in [0.15, 0.2) is 30.3 Å². The Hall–Kier alpha value is -0.683. The lowest BCUT2D eigenvalue weighted by molar-refractivity contribution is 0.113. The first kappa shape index (κ1) is 13.4. The molecule has 0 aliphatic heterocycles. The average Bonchev–Trinajstić information content (AvgIpc) is 2.33. The van der Waals surface area contributed by atoms with Gasteiger partial charge in [-0.25, -0.2) is 0 Å². The molecule has 0 spiro atoms. The second-order valence-corrected chi connectivity index (χ2v) is 7.22. The third-order valence-corrected chi connectivity index (χ3v) is 5.96. The van der Waals surface area contributed by atoms with E-state index in [4.69, 9.17) is 13.3 Å². The first-order valence-electron chi connectivity index (χ1n) is 5.38. The van der Waals surface area contributed by atoms with E-state index in [1.807, 2.05) is 18.2 Å². The molecule has 3 nitrogen and oxygen atoms in total. The van der Waals surface area contributed by atoms with E-state index < -0.39 is 8.80 Å². The van der Waals surface area contributed by atoms with Crippen molar-refractivity contribution in [3.05, 3.63) is 35.9 Å². The van der Waals surface area contributed by atoms with Crippen LogP contribution in [0.2, 0.25) is 5.54 Å². The van der Waals surface area contributed by atoms with E-state index in [9.17, 15) is 0 Å². The highest BCUT2D eigenvalue weighted by Crippen LogP contribution is 2.27. The average molecular weight is 240 g/mol. The van der Waals surface area contributed by atoms with E-state index in [1.54, 1.807) is 21.3 Å². The highest BCUT2D eigenvalue weighted by atomic mass is 28.4. The zero-order valence-corrected chi connectivity index (χ0v) is 11.4. The molecule has 0 radical (unpaired) electrons. The Balaban J connectivity index is 2.73. The lowest BCUT2D eigenvalue weighted by Gasteiger charge is -2.30. The van der Waals surface area contributed by atoms with Crippen LogP contribution in [0.3, 0.4) is 0 Å². The molecule has 4 heteroatoms. The summed E-state index contributed by atoms with van der Waals surface area (Å²) in [6.45, 7) is 2.11. The number of rotatable bonds is 6. The first-order chi connectivity index (χ1) is 7.68. The summed E-state index contributed by atoms with van der Waals surface area (Å²) in [6.07, 6.45) is 0.905. The van der Waals surface area contributed by atoms with Crippen molar-refractivity contribution in [1.29, 1.82) is 0 Å². The van der Waals surface area contributed by atoms with Crippen molar-refractivity contribution in [1.82, 2.24) is 0 Å². The molecule has 0 amide bonds. The topological polar surface area (TPSA) is 27.7 Å². The summed E-state index contributed by atoms with van der Waals surface area (Å²) in [7, 11) is 2.46. The predicted molar refractivity (Wildman–Crippen MR) is 66.4 cm³/mol. The van der Waals surface area contributed by atoms with Gasteiger partial charge in [-0.1, -0.05) is 37.3 Å². The van der Waals surface area contributed by atoms with Crippen LogP contribution in [0.25, 0.3) is 0 Å². The Labute approximate surface area is 98.7 Å². The predicted octanol–water partition coefficient (Wildman–Crippen LogP) is 2.50. The minimum Gasteiger partial charge on any atom is -0.377 e. The van der Waals surface area contributed by atoms with Gasteiger partial charge < -0.3 is 13.3 Å². The van der Waals surface area contributed by atoms with Crippen LogP contribution in [0.1, 0.15) is 12.5 Å². The minimum absolute atomic E-state index is 0.245.